The van der Waals surface area contributed by atoms with Crippen LogP contribution in [0.5, 0.6) is 0 Å². The second kappa shape index (κ2) is 8.33. The average molecular weight is 361 g/mol. The van der Waals surface area contributed by atoms with Gasteiger partial charge in [-0.1, -0.05) is 30.3 Å². The summed E-state index contributed by atoms with van der Waals surface area (Å²) < 4.78 is 37.8. The van der Waals surface area contributed by atoms with E-state index in [9.17, 15) is 18.0 Å². The standard InChI is InChI=1S/C19H18F3N3O/c1-13(23)11-17(24-12-14-5-3-2-4-6-14)18(26)25-16-9-7-15(8-10-16)19(20,21)22/h2-11H,12,23H2,1H3,(H,25,26). The van der Waals surface area contributed by atoms with Crippen LogP contribution in [0.2, 0.25) is 0 Å². The lowest BCUT2D eigenvalue weighted by atomic mass is 10.2. The van der Waals surface area contributed by atoms with Gasteiger partial charge < -0.3 is 11.1 Å². The van der Waals surface area contributed by atoms with E-state index >= 15 is 0 Å². The van der Waals surface area contributed by atoms with Crippen LogP contribution in [0.1, 0.15) is 18.1 Å². The number of allylic oxidation sites excluding steroid dienone is 1. The molecule has 3 N–H and O–H groups in total. The van der Waals surface area contributed by atoms with Crippen LogP contribution in [0.4, 0.5) is 18.9 Å². The van der Waals surface area contributed by atoms with E-state index in [1.807, 2.05) is 30.3 Å². The van der Waals surface area contributed by atoms with Crippen molar-refractivity contribution in [1.29, 1.82) is 0 Å². The average Bonchev–Trinajstić information content (AvgIpc) is 2.59. The van der Waals surface area contributed by atoms with Gasteiger partial charge in [-0.05, 0) is 42.8 Å². The number of anilines is 1. The highest BCUT2D eigenvalue weighted by molar-refractivity contribution is 6.47. The van der Waals surface area contributed by atoms with Crippen LogP contribution in [-0.2, 0) is 17.5 Å². The number of aliphatic imine (C=N–C) groups is 1. The smallest absolute Gasteiger partial charge is 0.402 e. The highest BCUT2D eigenvalue weighted by Crippen LogP contribution is 2.29. The Labute approximate surface area is 149 Å². The van der Waals surface area contributed by atoms with Gasteiger partial charge in [0.05, 0.1) is 12.1 Å². The van der Waals surface area contributed by atoms with Crippen molar-refractivity contribution in [3.8, 4) is 0 Å². The van der Waals surface area contributed by atoms with Crippen molar-refractivity contribution in [3.05, 3.63) is 77.5 Å². The fourth-order valence-electron chi connectivity index (χ4n) is 2.10. The number of carbonyl (C=O) groups is 1. The number of nitrogens with two attached hydrogens (primary N) is 1. The summed E-state index contributed by atoms with van der Waals surface area (Å²) in [6.45, 7) is 1.89. The molecule has 0 radical (unpaired) electrons. The first kappa shape index (κ1) is 19.2. The van der Waals surface area contributed by atoms with Gasteiger partial charge in [-0.2, -0.15) is 13.2 Å². The molecule has 4 nitrogen and oxygen atoms in total. The summed E-state index contributed by atoms with van der Waals surface area (Å²) in [5.74, 6) is -0.550. The molecule has 0 fully saturated rings. The van der Waals surface area contributed by atoms with Crippen LogP contribution in [0.25, 0.3) is 0 Å². The second-order valence-electron chi connectivity index (χ2n) is 5.60. The molecule has 0 aliphatic carbocycles. The highest BCUT2D eigenvalue weighted by atomic mass is 19.4. The zero-order valence-corrected chi connectivity index (χ0v) is 14.0. The van der Waals surface area contributed by atoms with Crippen molar-refractivity contribution in [2.45, 2.75) is 19.6 Å². The first-order chi connectivity index (χ1) is 12.3. The molecule has 7 heteroatoms. The van der Waals surface area contributed by atoms with Crippen LogP contribution in [0.15, 0.2) is 71.4 Å². The Hall–Kier alpha value is -3.09. The zero-order valence-electron chi connectivity index (χ0n) is 14.0. The number of nitrogens with zero attached hydrogens (tertiary/aromatic N) is 1. The molecule has 0 unspecified atom stereocenters. The fraction of sp³-hybridized carbons (Fsp3) is 0.158. The van der Waals surface area contributed by atoms with Crippen molar-refractivity contribution in [2.75, 3.05) is 5.32 Å². The van der Waals surface area contributed by atoms with Gasteiger partial charge in [0, 0.05) is 11.4 Å². The molecular formula is C19H18F3N3O. The third-order valence-corrected chi connectivity index (χ3v) is 3.34. The predicted molar refractivity (Wildman–Crippen MR) is 95.6 cm³/mol. The number of alkyl halides is 3. The molecule has 0 aliphatic rings. The lowest BCUT2D eigenvalue weighted by Gasteiger charge is -2.09. The molecule has 0 aliphatic heterocycles. The Bertz CT molecular complexity index is 806. The van der Waals surface area contributed by atoms with Crippen molar-refractivity contribution in [2.24, 2.45) is 10.7 Å². The normalized spacial score (nSPS) is 12.8. The second-order valence-corrected chi connectivity index (χ2v) is 5.60. The van der Waals surface area contributed by atoms with E-state index in [-0.39, 0.29) is 17.9 Å². The summed E-state index contributed by atoms with van der Waals surface area (Å²) in [5, 5.41) is 2.53. The van der Waals surface area contributed by atoms with Crippen LogP contribution in [0.3, 0.4) is 0 Å². The molecule has 0 atom stereocenters. The third kappa shape index (κ3) is 5.77. The van der Waals surface area contributed by atoms with E-state index in [4.69, 9.17) is 5.73 Å². The van der Waals surface area contributed by atoms with Gasteiger partial charge in [0.1, 0.15) is 5.71 Å². The van der Waals surface area contributed by atoms with Crippen LogP contribution in [0, 0.1) is 0 Å². The van der Waals surface area contributed by atoms with Crippen molar-refractivity contribution < 1.29 is 18.0 Å². The maximum absolute atomic E-state index is 12.6. The Morgan fingerprint density at radius 1 is 1.12 bits per heavy atom. The molecule has 2 aromatic rings. The molecule has 0 bridgehead atoms. The lowest BCUT2D eigenvalue weighted by molar-refractivity contribution is -0.137. The van der Waals surface area contributed by atoms with Gasteiger partial charge >= 0.3 is 6.18 Å². The number of halogens is 3. The first-order valence-electron chi connectivity index (χ1n) is 7.76. The molecule has 136 valence electrons. The Morgan fingerprint density at radius 2 is 1.73 bits per heavy atom. The largest absolute Gasteiger partial charge is 0.416 e. The highest BCUT2D eigenvalue weighted by Gasteiger charge is 2.30. The number of rotatable bonds is 5. The lowest BCUT2D eigenvalue weighted by Crippen LogP contribution is -2.22. The van der Waals surface area contributed by atoms with Crippen molar-refractivity contribution in [1.82, 2.24) is 0 Å². The van der Waals surface area contributed by atoms with E-state index in [1.54, 1.807) is 6.92 Å². The van der Waals surface area contributed by atoms with E-state index in [0.717, 1.165) is 17.7 Å². The van der Waals surface area contributed by atoms with E-state index in [0.29, 0.717) is 5.70 Å². The SMILES string of the molecule is CC(N)=CC(=NCc1ccccc1)C(=O)Nc1ccc(C(F)(F)F)cc1. The predicted octanol–water partition coefficient (Wildman–Crippen LogP) is 4.15. The van der Waals surface area contributed by atoms with Gasteiger partial charge in [-0.3, -0.25) is 9.79 Å². The molecule has 0 aromatic heterocycles. The quantitative estimate of drug-likeness (QED) is 0.786. The zero-order chi connectivity index (χ0) is 19.2. The molecule has 0 saturated carbocycles. The molecule has 0 spiro atoms. The summed E-state index contributed by atoms with van der Waals surface area (Å²) in [6.07, 6.45) is -3.01. The van der Waals surface area contributed by atoms with Crippen LogP contribution < -0.4 is 11.1 Å². The van der Waals surface area contributed by atoms with Gasteiger partial charge in [-0.15, -0.1) is 0 Å². The monoisotopic (exact) mass is 361 g/mol. The van der Waals surface area contributed by atoms with Gasteiger partial charge in [0.2, 0.25) is 0 Å². The minimum atomic E-state index is -4.43. The minimum Gasteiger partial charge on any atom is -0.402 e. The Balaban J connectivity index is 2.15. The summed E-state index contributed by atoms with van der Waals surface area (Å²) in [5.41, 5.74) is 6.48. The first-order valence-corrected chi connectivity index (χ1v) is 7.76. The number of hydrogen-bond acceptors (Lipinski definition) is 3. The molecule has 0 saturated heterocycles. The summed E-state index contributed by atoms with van der Waals surface area (Å²) in [4.78, 5) is 16.6. The maximum Gasteiger partial charge on any atom is 0.416 e. The molecule has 2 rings (SSSR count). The number of nitrogens with one attached hydrogen (secondary N) is 1. The van der Waals surface area contributed by atoms with Crippen LogP contribution in [-0.4, -0.2) is 11.6 Å². The van der Waals surface area contributed by atoms with E-state index in [2.05, 4.69) is 10.3 Å². The van der Waals surface area contributed by atoms with Crippen molar-refractivity contribution >= 4 is 17.3 Å². The van der Waals surface area contributed by atoms with Crippen molar-refractivity contribution in [3.63, 3.8) is 0 Å². The summed E-state index contributed by atoms with van der Waals surface area (Å²) in [6, 6.07) is 13.5. The number of benzene rings is 2. The number of hydrogen-bond donors (Lipinski definition) is 2. The molecule has 0 heterocycles. The molecular weight excluding hydrogens is 343 g/mol. The van der Waals surface area contributed by atoms with Gasteiger partial charge in [0.15, 0.2) is 0 Å². The van der Waals surface area contributed by atoms with Gasteiger partial charge in [-0.25, -0.2) is 0 Å². The van der Waals surface area contributed by atoms with Gasteiger partial charge in [0.25, 0.3) is 5.91 Å². The summed E-state index contributed by atoms with van der Waals surface area (Å²) >= 11 is 0. The minimum absolute atomic E-state index is 0.0914. The van der Waals surface area contributed by atoms with E-state index in [1.165, 1.54) is 18.2 Å². The summed E-state index contributed by atoms with van der Waals surface area (Å²) in [7, 11) is 0. The topological polar surface area (TPSA) is 67.5 Å². The molecule has 1 amide bonds. The number of amides is 1. The fourth-order valence-corrected chi connectivity index (χ4v) is 2.10. The Kier molecular flexibility index (Phi) is 6.16. The number of carbonyl (C=O) groups excluding carboxylic acids is 1. The molecule has 26 heavy (non-hydrogen) atoms. The van der Waals surface area contributed by atoms with E-state index < -0.39 is 17.6 Å². The maximum atomic E-state index is 12.6. The molecule has 2 aromatic carbocycles. The van der Waals surface area contributed by atoms with Crippen LogP contribution >= 0.6 is 0 Å². The Morgan fingerprint density at radius 3 is 2.27 bits per heavy atom. The third-order valence-electron chi connectivity index (χ3n) is 3.34.